The summed E-state index contributed by atoms with van der Waals surface area (Å²) in [5.74, 6) is 4.88. The highest BCUT2D eigenvalue weighted by atomic mass is 16.5. The van der Waals surface area contributed by atoms with Crippen LogP contribution in [0, 0.1) is 0 Å². The molecule has 0 saturated carbocycles. The molecule has 0 radical (unpaired) electrons. The molecule has 1 aliphatic rings. The summed E-state index contributed by atoms with van der Waals surface area (Å²) in [5.41, 5.74) is 4.83. The van der Waals surface area contributed by atoms with Crippen molar-refractivity contribution in [3.63, 3.8) is 0 Å². The van der Waals surface area contributed by atoms with Gasteiger partial charge in [-0.2, -0.15) is 0 Å². The molecule has 0 spiro atoms. The van der Waals surface area contributed by atoms with Gasteiger partial charge in [0.2, 0.25) is 5.91 Å². The zero-order chi connectivity index (χ0) is 12.8. The van der Waals surface area contributed by atoms with Crippen LogP contribution in [0.15, 0.2) is 24.3 Å². The van der Waals surface area contributed by atoms with Crippen LogP contribution in [0.1, 0.15) is 42.9 Å². The number of hydrazine groups is 1. The van der Waals surface area contributed by atoms with E-state index in [0.717, 1.165) is 12.8 Å². The molecule has 18 heavy (non-hydrogen) atoms. The Morgan fingerprint density at radius 1 is 1.44 bits per heavy atom. The quantitative estimate of drug-likeness (QED) is 0.362. The second-order valence-corrected chi connectivity index (χ2v) is 4.62. The van der Waals surface area contributed by atoms with Gasteiger partial charge in [-0.1, -0.05) is 24.3 Å². The third kappa shape index (κ3) is 3.31. The fraction of sp³-hybridized carbons (Fsp3) is 0.500. The predicted octanol–water partition coefficient (Wildman–Crippen LogP) is 1.85. The zero-order valence-electron chi connectivity index (χ0n) is 10.5. The average molecular weight is 248 g/mol. The lowest BCUT2D eigenvalue weighted by Gasteiger charge is -2.25. The van der Waals surface area contributed by atoms with Crippen molar-refractivity contribution >= 4 is 5.91 Å². The molecule has 0 fully saturated rings. The SMILES string of the molecule is NNC(=O)CCCOC1CCCc2ccccc21. The van der Waals surface area contributed by atoms with Crippen LogP contribution < -0.4 is 11.3 Å². The molecule has 1 aromatic rings. The van der Waals surface area contributed by atoms with Gasteiger partial charge < -0.3 is 4.74 Å². The van der Waals surface area contributed by atoms with E-state index in [1.807, 2.05) is 0 Å². The molecule has 1 unspecified atom stereocenters. The largest absolute Gasteiger partial charge is 0.374 e. The third-order valence-electron chi connectivity index (χ3n) is 3.34. The summed E-state index contributed by atoms with van der Waals surface area (Å²) >= 11 is 0. The second-order valence-electron chi connectivity index (χ2n) is 4.62. The van der Waals surface area contributed by atoms with Crippen molar-refractivity contribution in [1.29, 1.82) is 0 Å². The first-order chi connectivity index (χ1) is 8.81. The fourth-order valence-corrected chi connectivity index (χ4v) is 2.41. The Kier molecular flexibility index (Phi) is 4.73. The first-order valence-electron chi connectivity index (χ1n) is 6.50. The minimum absolute atomic E-state index is 0.136. The number of carbonyl (C=O) groups is 1. The van der Waals surface area contributed by atoms with E-state index in [2.05, 4.69) is 29.7 Å². The molecule has 0 bridgehead atoms. The molecule has 1 atom stereocenters. The standard InChI is InChI=1S/C14H20N2O2/c15-16-14(17)9-4-10-18-13-8-3-6-11-5-1-2-7-12(11)13/h1-2,5,7,13H,3-4,6,8-10,15H2,(H,16,17). The van der Waals surface area contributed by atoms with Crippen molar-refractivity contribution in [3.8, 4) is 0 Å². The Hall–Kier alpha value is -1.39. The lowest BCUT2D eigenvalue weighted by atomic mass is 9.89. The third-order valence-corrected chi connectivity index (χ3v) is 3.34. The number of carbonyl (C=O) groups excluding carboxylic acids is 1. The highest BCUT2D eigenvalue weighted by Gasteiger charge is 2.19. The smallest absolute Gasteiger partial charge is 0.233 e. The van der Waals surface area contributed by atoms with E-state index < -0.39 is 0 Å². The Bertz CT molecular complexity index is 407. The van der Waals surface area contributed by atoms with Crippen LogP contribution in [0.3, 0.4) is 0 Å². The molecule has 4 heteroatoms. The first kappa shape index (κ1) is 13.1. The number of amides is 1. The van der Waals surface area contributed by atoms with Gasteiger partial charge in [0.05, 0.1) is 6.10 Å². The van der Waals surface area contributed by atoms with Gasteiger partial charge in [0.25, 0.3) is 0 Å². The summed E-state index contributed by atoms with van der Waals surface area (Å²) in [4.78, 5) is 11.0. The van der Waals surface area contributed by atoms with E-state index in [4.69, 9.17) is 10.6 Å². The maximum Gasteiger partial charge on any atom is 0.233 e. The summed E-state index contributed by atoms with van der Waals surface area (Å²) < 4.78 is 5.88. The average Bonchev–Trinajstić information content (AvgIpc) is 2.43. The minimum atomic E-state index is -0.136. The van der Waals surface area contributed by atoms with E-state index in [-0.39, 0.29) is 12.0 Å². The maximum absolute atomic E-state index is 11.0. The lowest BCUT2D eigenvalue weighted by Crippen LogP contribution is -2.29. The van der Waals surface area contributed by atoms with E-state index in [1.165, 1.54) is 17.5 Å². The molecule has 0 aliphatic heterocycles. The van der Waals surface area contributed by atoms with Gasteiger partial charge >= 0.3 is 0 Å². The number of ether oxygens (including phenoxy) is 1. The van der Waals surface area contributed by atoms with Crippen LogP contribution in [0.25, 0.3) is 0 Å². The van der Waals surface area contributed by atoms with Gasteiger partial charge in [0, 0.05) is 13.0 Å². The number of nitrogens with two attached hydrogens (primary N) is 1. The van der Waals surface area contributed by atoms with E-state index >= 15 is 0 Å². The first-order valence-corrected chi connectivity index (χ1v) is 6.50. The van der Waals surface area contributed by atoms with Crippen LogP contribution in [0.5, 0.6) is 0 Å². The molecular formula is C14H20N2O2. The van der Waals surface area contributed by atoms with Crippen LogP contribution in [-0.4, -0.2) is 12.5 Å². The summed E-state index contributed by atoms with van der Waals surface area (Å²) in [5, 5.41) is 0. The molecule has 2 rings (SSSR count). The van der Waals surface area contributed by atoms with Gasteiger partial charge in [0.1, 0.15) is 0 Å². The van der Waals surface area contributed by atoms with Crippen molar-refractivity contribution < 1.29 is 9.53 Å². The summed E-state index contributed by atoms with van der Waals surface area (Å²) in [6.45, 7) is 0.604. The number of benzene rings is 1. The summed E-state index contributed by atoms with van der Waals surface area (Å²) in [6, 6.07) is 8.45. The van der Waals surface area contributed by atoms with Gasteiger partial charge in [-0.3, -0.25) is 10.2 Å². The molecule has 1 amide bonds. The zero-order valence-corrected chi connectivity index (χ0v) is 10.5. The van der Waals surface area contributed by atoms with Gasteiger partial charge in [-0.05, 0) is 36.8 Å². The Labute approximate surface area is 107 Å². The number of fused-ring (bicyclic) bond motifs is 1. The molecule has 0 heterocycles. The number of hydrogen-bond donors (Lipinski definition) is 2. The highest BCUT2D eigenvalue weighted by Crippen LogP contribution is 2.32. The number of hydrogen-bond acceptors (Lipinski definition) is 3. The van der Waals surface area contributed by atoms with E-state index in [9.17, 15) is 4.79 Å². The molecule has 3 N–H and O–H groups in total. The van der Waals surface area contributed by atoms with Crippen LogP contribution in [0.2, 0.25) is 0 Å². The molecule has 1 aliphatic carbocycles. The van der Waals surface area contributed by atoms with E-state index in [1.54, 1.807) is 0 Å². The second kappa shape index (κ2) is 6.52. The molecular weight excluding hydrogens is 228 g/mol. The maximum atomic E-state index is 11.0. The van der Waals surface area contributed by atoms with E-state index in [0.29, 0.717) is 19.4 Å². The van der Waals surface area contributed by atoms with Gasteiger partial charge in [-0.25, -0.2) is 5.84 Å². The number of aryl methyl sites for hydroxylation is 1. The van der Waals surface area contributed by atoms with Crippen LogP contribution >= 0.6 is 0 Å². The highest BCUT2D eigenvalue weighted by molar-refractivity contribution is 5.75. The molecule has 0 saturated heterocycles. The van der Waals surface area contributed by atoms with Crippen molar-refractivity contribution in [2.45, 2.75) is 38.2 Å². The van der Waals surface area contributed by atoms with Crippen molar-refractivity contribution in [2.24, 2.45) is 5.84 Å². The fourth-order valence-electron chi connectivity index (χ4n) is 2.41. The molecule has 1 aromatic carbocycles. The van der Waals surface area contributed by atoms with Crippen LogP contribution in [0.4, 0.5) is 0 Å². The number of rotatable bonds is 5. The monoisotopic (exact) mass is 248 g/mol. The predicted molar refractivity (Wildman–Crippen MR) is 69.6 cm³/mol. The number of nitrogens with one attached hydrogen (secondary N) is 1. The van der Waals surface area contributed by atoms with Gasteiger partial charge in [-0.15, -0.1) is 0 Å². The van der Waals surface area contributed by atoms with Crippen molar-refractivity contribution in [3.05, 3.63) is 35.4 Å². The Morgan fingerprint density at radius 3 is 3.11 bits per heavy atom. The van der Waals surface area contributed by atoms with Crippen molar-refractivity contribution in [2.75, 3.05) is 6.61 Å². The molecule has 4 nitrogen and oxygen atoms in total. The normalized spacial score (nSPS) is 18.2. The molecule has 0 aromatic heterocycles. The van der Waals surface area contributed by atoms with Crippen LogP contribution in [-0.2, 0) is 16.0 Å². The van der Waals surface area contributed by atoms with Gasteiger partial charge in [0.15, 0.2) is 0 Å². The minimum Gasteiger partial charge on any atom is -0.374 e. The van der Waals surface area contributed by atoms with Crippen molar-refractivity contribution in [1.82, 2.24) is 5.43 Å². The molecule has 98 valence electrons. The lowest BCUT2D eigenvalue weighted by molar-refractivity contribution is -0.121. The Balaban J connectivity index is 1.82. The summed E-state index contributed by atoms with van der Waals surface area (Å²) in [6.07, 6.45) is 4.71. The Morgan fingerprint density at radius 2 is 2.28 bits per heavy atom. The summed E-state index contributed by atoms with van der Waals surface area (Å²) in [7, 11) is 0. The topological polar surface area (TPSA) is 64.3 Å².